The maximum atomic E-state index is 8.52. The normalized spacial score (nSPS) is 10.0. The van der Waals surface area contributed by atoms with Gasteiger partial charge in [-0.3, -0.25) is 0 Å². The second kappa shape index (κ2) is 6.68. The first-order valence-electron chi connectivity index (χ1n) is 5.70. The monoisotopic (exact) mass is 291 g/mol. The van der Waals surface area contributed by atoms with Gasteiger partial charge in [-0.15, -0.1) is 10.2 Å². The third-order valence-corrected chi connectivity index (χ3v) is 3.22. The van der Waals surface area contributed by atoms with Gasteiger partial charge in [-0.25, -0.2) is 4.68 Å². The molecule has 0 spiro atoms. The Bertz CT molecular complexity index is 623. The van der Waals surface area contributed by atoms with Crippen molar-refractivity contribution in [2.75, 3.05) is 18.7 Å². The molecule has 0 aliphatic heterocycles. The van der Waals surface area contributed by atoms with E-state index in [0.29, 0.717) is 22.5 Å². The molecule has 0 saturated heterocycles. The predicted molar refractivity (Wildman–Crippen MR) is 73.8 cm³/mol. The molecule has 0 saturated carbocycles. The smallest absolute Gasteiger partial charge is 0.210 e. The first-order valence-corrected chi connectivity index (χ1v) is 6.69. The zero-order valence-corrected chi connectivity index (χ0v) is 11.6. The summed E-state index contributed by atoms with van der Waals surface area (Å²) in [5.41, 5.74) is 0. The molecule has 2 rings (SSSR count). The van der Waals surface area contributed by atoms with E-state index >= 15 is 0 Å². The van der Waals surface area contributed by atoms with E-state index in [4.69, 9.17) is 20.6 Å². The van der Waals surface area contributed by atoms with Crippen LogP contribution in [0, 0.1) is 11.3 Å². The lowest BCUT2D eigenvalue weighted by molar-refractivity contribution is 0.289. The summed E-state index contributed by atoms with van der Waals surface area (Å²) in [6.45, 7) is 0.184. The van der Waals surface area contributed by atoms with Crippen LogP contribution in [-0.2, 0) is 6.61 Å². The van der Waals surface area contributed by atoms with Gasteiger partial charge in [-0.1, -0.05) is 17.8 Å². The summed E-state index contributed by atoms with van der Waals surface area (Å²) in [6, 6.07) is 9.24. The molecule has 0 aliphatic rings. The van der Waals surface area contributed by atoms with Crippen LogP contribution in [0.4, 0.5) is 0 Å². The molecule has 2 N–H and O–H groups in total. The van der Waals surface area contributed by atoms with Gasteiger partial charge < -0.3 is 15.3 Å². The molecule has 0 radical (unpaired) electrons. The van der Waals surface area contributed by atoms with Gasteiger partial charge >= 0.3 is 0 Å². The van der Waals surface area contributed by atoms with E-state index in [1.165, 1.54) is 16.4 Å². The van der Waals surface area contributed by atoms with Gasteiger partial charge in [0.15, 0.2) is 5.82 Å². The Morgan fingerprint density at radius 3 is 2.95 bits per heavy atom. The van der Waals surface area contributed by atoms with Crippen molar-refractivity contribution in [1.82, 2.24) is 14.9 Å². The van der Waals surface area contributed by atoms with Crippen molar-refractivity contribution in [2.24, 2.45) is 0 Å². The second-order valence-electron chi connectivity index (χ2n) is 3.68. The van der Waals surface area contributed by atoms with Crippen LogP contribution in [0.3, 0.4) is 0 Å². The minimum absolute atomic E-state index is 0.184. The van der Waals surface area contributed by atoms with E-state index in [9.17, 15) is 0 Å². The van der Waals surface area contributed by atoms with E-state index in [2.05, 4.69) is 10.2 Å². The lowest BCUT2D eigenvalue weighted by atomic mass is 10.3. The van der Waals surface area contributed by atoms with Crippen molar-refractivity contribution >= 4 is 11.8 Å². The molecule has 1 aromatic heterocycles. The maximum Gasteiger partial charge on any atom is 0.210 e. The summed E-state index contributed by atoms with van der Waals surface area (Å²) in [6.07, 6.45) is 0. The van der Waals surface area contributed by atoms with E-state index in [-0.39, 0.29) is 12.4 Å². The van der Waals surface area contributed by atoms with Crippen LogP contribution >= 0.6 is 11.8 Å². The number of rotatable bonds is 6. The zero-order valence-electron chi connectivity index (χ0n) is 10.8. The molecule has 20 heavy (non-hydrogen) atoms. The average molecular weight is 291 g/mol. The van der Waals surface area contributed by atoms with Gasteiger partial charge in [-0.05, 0) is 12.1 Å². The summed E-state index contributed by atoms with van der Waals surface area (Å²) in [5.74, 6) is 7.93. The lowest BCUT2D eigenvalue weighted by Crippen LogP contribution is -2.15. The number of nitrogens with two attached hydrogens (primary N) is 1. The van der Waals surface area contributed by atoms with Crippen LogP contribution in [0.1, 0.15) is 5.82 Å². The lowest BCUT2D eigenvalue weighted by Gasteiger charge is -2.07. The number of benzene rings is 1. The van der Waals surface area contributed by atoms with Crippen LogP contribution in [-0.4, -0.2) is 27.7 Å². The molecule has 7 nitrogen and oxygen atoms in total. The Morgan fingerprint density at radius 2 is 2.20 bits per heavy atom. The maximum absolute atomic E-state index is 8.52. The average Bonchev–Trinajstić information content (AvgIpc) is 2.83. The van der Waals surface area contributed by atoms with Gasteiger partial charge in [-0.2, -0.15) is 5.26 Å². The molecule has 1 aromatic carbocycles. The molecule has 8 heteroatoms. The summed E-state index contributed by atoms with van der Waals surface area (Å²) in [7, 11) is 1.59. The highest BCUT2D eigenvalue weighted by Crippen LogP contribution is 2.20. The van der Waals surface area contributed by atoms with Crippen LogP contribution < -0.4 is 15.3 Å². The molecule has 0 aliphatic carbocycles. The topological polar surface area (TPSA) is 99.0 Å². The summed E-state index contributed by atoms with van der Waals surface area (Å²) in [4.78, 5) is 0. The predicted octanol–water partition coefficient (Wildman–Crippen LogP) is 1.20. The molecule has 2 aromatic rings. The molecule has 0 amide bonds. The Balaban J connectivity index is 2.00. The standard InChI is InChI=1S/C12H13N5O2S/c1-18-9-3-2-4-10(7-9)19-8-11-15-16-12(17(11)14)20-6-5-13/h2-4,7H,6,8,14H2,1H3. The van der Waals surface area contributed by atoms with Crippen molar-refractivity contribution in [2.45, 2.75) is 11.8 Å². The largest absolute Gasteiger partial charge is 0.497 e. The zero-order chi connectivity index (χ0) is 14.4. The van der Waals surface area contributed by atoms with Crippen molar-refractivity contribution in [3.63, 3.8) is 0 Å². The minimum Gasteiger partial charge on any atom is -0.497 e. The Kier molecular flexibility index (Phi) is 4.68. The fourth-order valence-corrected chi connectivity index (χ4v) is 1.98. The van der Waals surface area contributed by atoms with Crippen LogP contribution in [0.15, 0.2) is 29.4 Å². The number of hydrogen-bond acceptors (Lipinski definition) is 7. The number of nitrogen functional groups attached to an aromatic ring is 1. The molecule has 0 bridgehead atoms. The quantitative estimate of drug-likeness (QED) is 0.630. The number of ether oxygens (including phenoxy) is 2. The summed E-state index contributed by atoms with van der Waals surface area (Å²) >= 11 is 1.22. The first-order chi connectivity index (χ1) is 9.74. The van der Waals surface area contributed by atoms with Crippen LogP contribution in [0.2, 0.25) is 0 Å². The minimum atomic E-state index is 0.184. The second-order valence-corrected chi connectivity index (χ2v) is 4.63. The van der Waals surface area contributed by atoms with Crippen molar-refractivity contribution < 1.29 is 9.47 Å². The van der Waals surface area contributed by atoms with Gasteiger partial charge in [0.1, 0.15) is 18.1 Å². The SMILES string of the molecule is COc1cccc(OCc2nnc(SCC#N)n2N)c1. The summed E-state index contributed by atoms with van der Waals surface area (Å²) in [5, 5.41) is 16.8. The molecular formula is C12H13N5O2S. The molecule has 1 heterocycles. The number of methoxy groups -OCH3 is 1. The van der Waals surface area contributed by atoms with Gasteiger partial charge in [0.05, 0.1) is 18.9 Å². The molecule has 104 valence electrons. The number of nitrogens with zero attached hydrogens (tertiary/aromatic N) is 4. The highest BCUT2D eigenvalue weighted by Gasteiger charge is 2.10. The van der Waals surface area contributed by atoms with Crippen LogP contribution in [0.25, 0.3) is 0 Å². The molecule has 0 unspecified atom stereocenters. The fraction of sp³-hybridized carbons (Fsp3) is 0.250. The number of nitriles is 1. The van der Waals surface area contributed by atoms with Gasteiger partial charge in [0.25, 0.3) is 0 Å². The van der Waals surface area contributed by atoms with Crippen molar-refractivity contribution in [3.05, 3.63) is 30.1 Å². The highest BCUT2D eigenvalue weighted by molar-refractivity contribution is 7.99. The van der Waals surface area contributed by atoms with Gasteiger partial charge in [0.2, 0.25) is 5.16 Å². The number of hydrogen-bond donors (Lipinski definition) is 1. The Labute approximate surface area is 120 Å². The molecule has 0 fully saturated rings. The van der Waals surface area contributed by atoms with Gasteiger partial charge in [0, 0.05) is 6.07 Å². The van der Waals surface area contributed by atoms with E-state index < -0.39 is 0 Å². The van der Waals surface area contributed by atoms with Crippen molar-refractivity contribution in [1.29, 1.82) is 5.26 Å². The Morgan fingerprint density at radius 1 is 1.40 bits per heavy atom. The Hall–Kier alpha value is -2.40. The number of thioether (sulfide) groups is 1. The van der Waals surface area contributed by atoms with Crippen molar-refractivity contribution in [3.8, 4) is 17.6 Å². The number of aromatic nitrogens is 3. The van der Waals surface area contributed by atoms with Crippen LogP contribution in [0.5, 0.6) is 11.5 Å². The first kappa shape index (κ1) is 14.0. The highest BCUT2D eigenvalue weighted by atomic mass is 32.2. The van der Waals surface area contributed by atoms with E-state index in [1.54, 1.807) is 13.2 Å². The van der Waals surface area contributed by atoms with E-state index in [1.807, 2.05) is 24.3 Å². The third kappa shape index (κ3) is 3.33. The third-order valence-electron chi connectivity index (χ3n) is 2.41. The molecule has 0 atom stereocenters. The molecular weight excluding hydrogens is 278 g/mol. The summed E-state index contributed by atoms with van der Waals surface area (Å²) < 4.78 is 12.0. The fourth-order valence-electron chi connectivity index (χ4n) is 1.44. The van der Waals surface area contributed by atoms with E-state index in [0.717, 1.165) is 0 Å².